The van der Waals surface area contributed by atoms with Gasteiger partial charge in [0.25, 0.3) is 5.91 Å². The topological polar surface area (TPSA) is 87.2 Å². The number of hydrogen-bond donors (Lipinski definition) is 2. The third-order valence-corrected chi connectivity index (χ3v) is 4.84. The lowest BCUT2D eigenvalue weighted by molar-refractivity contribution is 0.0944. The van der Waals surface area contributed by atoms with E-state index >= 15 is 0 Å². The molecule has 0 radical (unpaired) electrons. The predicted molar refractivity (Wildman–Crippen MR) is 103 cm³/mol. The molecule has 0 unspecified atom stereocenters. The summed E-state index contributed by atoms with van der Waals surface area (Å²) < 4.78 is 0. The van der Waals surface area contributed by atoms with Crippen LogP contribution in [0.3, 0.4) is 0 Å². The van der Waals surface area contributed by atoms with Crippen LogP contribution >= 0.6 is 0 Å². The number of urea groups is 1. The van der Waals surface area contributed by atoms with Gasteiger partial charge in [-0.25, -0.2) is 9.78 Å². The summed E-state index contributed by atoms with van der Waals surface area (Å²) in [4.78, 5) is 34.1. The maximum absolute atomic E-state index is 12.4. The van der Waals surface area contributed by atoms with E-state index in [1.807, 2.05) is 36.1 Å². The standard InChI is InChI=1S/C20H25N5O2/c1-15-2-4-17(5-3-15)24-20(27)25-12-7-16(8-13-25)6-9-23-19(26)18-14-21-10-11-22-18/h2-5,10-11,14,16H,6-9,12-13H2,1H3,(H,23,26)(H,24,27). The lowest BCUT2D eigenvalue weighted by Crippen LogP contribution is -2.41. The third kappa shape index (κ3) is 5.51. The molecule has 3 amide bonds. The van der Waals surface area contributed by atoms with Crippen molar-refractivity contribution in [1.82, 2.24) is 20.2 Å². The number of piperidine rings is 1. The SMILES string of the molecule is Cc1ccc(NC(=O)N2CCC(CCNC(=O)c3cnccn3)CC2)cc1. The molecule has 2 aromatic rings. The lowest BCUT2D eigenvalue weighted by Gasteiger charge is -2.32. The molecule has 0 spiro atoms. The smallest absolute Gasteiger partial charge is 0.321 e. The number of hydrogen-bond acceptors (Lipinski definition) is 4. The van der Waals surface area contributed by atoms with Gasteiger partial charge in [0.05, 0.1) is 6.20 Å². The highest BCUT2D eigenvalue weighted by molar-refractivity contribution is 5.91. The Morgan fingerprint density at radius 2 is 1.89 bits per heavy atom. The molecule has 0 bridgehead atoms. The van der Waals surface area contributed by atoms with Crippen LogP contribution in [0.15, 0.2) is 42.9 Å². The molecule has 1 fully saturated rings. The molecule has 0 aliphatic carbocycles. The summed E-state index contributed by atoms with van der Waals surface area (Å²) in [6.45, 7) is 4.10. The number of nitrogens with zero attached hydrogens (tertiary/aromatic N) is 3. The Labute approximate surface area is 159 Å². The first-order chi connectivity index (χ1) is 13.1. The third-order valence-electron chi connectivity index (χ3n) is 4.84. The molecule has 1 saturated heterocycles. The molecule has 0 saturated carbocycles. The van der Waals surface area contributed by atoms with Crippen LogP contribution in [0, 0.1) is 12.8 Å². The van der Waals surface area contributed by atoms with Crippen molar-refractivity contribution in [2.45, 2.75) is 26.2 Å². The Kier molecular flexibility index (Phi) is 6.35. The van der Waals surface area contributed by atoms with Gasteiger partial charge < -0.3 is 15.5 Å². The average molecular weight is 367 g/mol. The van der Waals surface area contributed by atoms with Crippen molar-refractivity contribution in [2.75, 3.05) is 25.0 Å². The molecule has 1 aromatic carbocycles. The number of rotatable bonds is 5. The number of aryl methyl sites for hydroxylation is 1. The number of amides is 3. The molecule has 0 atom stereocenters. The van der Waals surface area contributed by atoms with E-state index in [4.69, 9.17) is 0 Å². The van der Waals surface area contributed by atoms with Gasteiger partial charge in [-0.2, -0.15) is 0 Å². The number of likely N-dealkylation sites (tertiary alicyclic amines) is 1. The summed E-state index contributed by atoms with van der Waals surface area (Å²) in [5.41, 5.74) is 2.32. The fourth-order valence-electron chi connectivity index (χ4n) is 3.16. The van der Waals surface area contributed by atoms with E-state index < -0.39 is 0 Å². The number of nitrogens with one attached hydrogen (secondary N) is 2. The van der Waals surface area contributed by atoms with Crippen molar-refractivity contribution in [3.63, 3.8) is 0 Å². The minimum Gasteiger partial charge on any atom is -0.351 e. The fourth-order valence-corrected chi connectivity index (χ4v) is 3.16. The summed E-state index contributed by atoms with van der Waals surface area (Å²) in [5, 5.41) is 5.83. The highest BCUT2D eigenvalue weighted by atomic mass is 16.2. The van der Waals surface area contributed by atoms with Crippen LogP contribution in [-0.2, 0) is 0 Å². The van der Waals surface area contributed by atoms with Crippen LogP contribution < -0.4 is 10.6 Å². The van der Waals surface area contributed by atoms with Crippen LogP contribution in [-0.4, -0.2) is 46.4 Å². The molecule has 3 rings (SSSR count). The summed E-state index contributed by atoms with van der Waals surface area (Å²) in [5.74, 6) is 0.314. The van der Waals surface area contributed by atoms with Crippen molar-refractivity contribution in [1.29, 1.82) is 0 Å². The van der Waals surface area contributed by atoms with E-state index in [0.717, 1.165) is 38.0 Å². The van der Waals surface area contributed by atoms with Crippen LogP contribution in [0.1, 0.15) is 35.3 Å². The van der Waals surface area contributed by atoms with E-state index in [-0.39, 0.29) is 11.9 Å². The molecule has 7 heteroatoms. The van der Waals surface area contributed by atoms with Crippen LogP contribution in [0.5, 0.6) is 0 Å². The monoisotopic (exact) mass is 367 g/mol. The van der Waals surface area contributed by atoms with Crippen LogP contribution in [0.25, 0.3) is 0 Å². The first-order valence-electron chi connectivity index (χ1n) is 9.28. The van der Waals surface area contributed by atoms with Crippen LogP contribution in [0.4, 0.5) is 10.5 Å². The maximum atomic E-state index is 12.4. The second-order valence-corrected chi connectivity index (χ2v) is 6.86. The lowest BCUT2D eigenvalue weighted by atomic mass is 9.93. The Balaban J connectivity index is 1.36. The van der Waals surface area contributed by atoms with Crippen molar-refractivity contribution < 1.29 is 9.59 Å². The molecule has 2 heterocycles. The molecule has 1 aliphatic heterocycles. The number of carbonyl (C=O) groups excluding carboxylic acids is 2. The summed E-state index contributed by atoms with van der Waals surface area (Å²) in [7, 11) is 0. The number of anilines is 1. The quantitative estimate of drug-likeness (QED) is 0.851. The Morgan fingerprint density at radius 1 is 1.15 bits per heavy atom. The van der Waals surface area contributed by atoms with E-state index in [9.17, 15) is 9.59 Å². The first kappa shape index (κ1) is 18.8. The van der Waals surface area contributed by atoms with E-state index in [0.29, 0.717) is 18.2 Å². The second-order valence-electron chi connectivity index (χ2n) is 6.86. The van der Waals surface area contributed by atoms with E-state index in [2.05, 4.69) is 20.6 Å². The highest BCUT2D eigenvalue weighted by Gasteiger charge is 2.22. The second kappa shape index (κ2) is 9.12. The molecule has 1 aliphatic rings. The molecule has 142 valence electrons. The summed E-state index contributed by atoms with van der Waals surface area (Å²) >= 11 is 0. The van der Waals surface area contributed by atoms with Gasteiger partial charge in [0.2, 0.25) is 0 Å². The van der Waals surface area contributed by atoms with Crippen molar-refractivity contribution in [2.24, 2.45) is 5.92 Å². The van der Waals surface area contributed by atoms with Gasteiger partial charge in [0.15, 0.2) is 0 Å². The van der Waals surface area contributed by atoms with E-state index in [1.165, 1.54) is 18.0 Å². The van der Waals surface area contributed by atoms with Gasteiger partial charge in [-0.1, -0.05) is 17.7 Å². The zero-order chi connectivity index (χ0) is 19.1. The Hall–Kier alpha value is -2.96. The van der Waals surface area contributed by atoms with Gasteiger partial charge >= 0.3 is 6.03 Å². The highest BCUT2D eigenvalue weighted by Crippen LogP contribution is 2.21. The van der Waals surface area contributed by atoms with Gasteiger partial charge in [-0.3, -0.25) is 9.78 Å². The molecule has 2 N–H and O–H groups in total. The summed E-state index contributed by atoms with van der Waals surface area (Å²) in [6, 6.07) is 7.75. The maximum Gasteiger partial charge on any atom is 0.321 e. The molecular formula is C20H25N5O2. The largest absolute Gasteiger partial charge is 0.351 e. The van der Waals surface area contributed by atoms with Crippen molar-refractivity contribution >= 4 is 17.6 Å². The normalized spacial score (nSPS) is 14.6. The van der Waals surface area contributed by atoms with Gasteiger partial charge in [-0.15, -0.1) is 0 Å². The number of aromatic nitrogens is 2. The summed E-state index contributed by atoms with van der Waals surface area (Å²) in [6.07, 6.45) is 7.30. The molecular weight excluding hydrogens is 342 g/mol. The molecule has 7 nitrogen and oxygen atoms in total. The van der Waals surface area contributed by atoms with Crippen molar-refractivity contribution in [3.05, 3.63) is 54.1 Å². The average Bonchev–Trinajstić information content (AvgIpc) is 2.71. The van der Waals surface area contributed by atoms with Gasteiger partial charge in [0, 0.05) is 37.7 Å². The Bertz CT molecular complexity index is 756. The van der Waals surface area contributed by atoms with Crippen LogP contribution in [0.2, 0.25) is 0 Å². The first-order valence-corrected chi connectivity index (χ1v) is 9.28. The van der Waals surface area contributed by atoms with Gasteiger partial charge in [-0.05, 0) is 44.2 Å². The van der Waals surface area contributed by atoms with Gasteiger partial charge in [0.1, 0.15) is 5.69 Å². The fraction of sp³-hybridized carbons (Fsp3) is 0.400. The predicted octanol–water partition coefficient (Wildman–Crippen LogP) is 2.85. The minimum absolute atomic E-state index is 0.0479. The minimum atomic E-state index is -0.196. The number of benzene rings is 1. The molecule has 27 heavy (non-hydrogen) atoms. The number of carbonyl (C=O) groups is 2. The van der Waals surface area contributed by atoms with Crippen molar-refractivity contribution in [3.8, 4) is 0 Å². The molecule has 1 aromatic heterocycles. The Morgan fingerprint density at radius 3 is 2.56 bits per heavy atom. The van der Waals surface area contributed by atoms with E-state index in [1.54, 1.807) is 6.20 Å². The zero-order valence-electron chi connectivity index (χ0n) is 15.5. The zero-order valence-corrected chi connectivity index (χ0v) is 15.5.